The quantitative estimate of drug-likeness (QED) is 0.817. The molecule has 1 aliphatic heterocycles. The van der Waals surface area contributed by atoms with E-state index in [9.17, 15) is 4.79 Å². The molecule has 1 N–H and O–H groups in total. The maximum atomic E-state index is 12.1. The zero-order valence-corrected chi connectivity index (χ0v) is 11.9. The summed E-state index contributed by atoms with van der Waals surface area (Å²) in [4.78, 5) is 14.1. The summed E-state index contributed by atoms with van der Waals surface area (Å²) in [5, 5.41) is 7.46. The van der Waals surface area contributed by atoms with E-state index >= 15 is 0 Å². The highest BCUT2D eigenvalue weighted by atomic mass is 16.2. The molecule has 5 heteroatoms. The van der Waals surface area contributed by atoms with E-state index in [1.807, 2.05) is 29.7 Å². The Balaban J connectivity index is 1.88. The van der Waals surface area contributed by atoms with Crippen LogP contribution < -0.4 is 5.32 Å². The number of amides is 1. The highest BCUT2D eigenvalue weighted by Crippen LogP contribution is 2.21. The fourth-order valence-electron chi connectivity index (χ4n) is 2.60. The molecular weight excluding hydrogens is 240 g/mol. The number of aromatic nitrogens is 2. The normalized spacial score (nSPS) is 19.7. The maximum absolute atomic E-state index is 12.1. The zero-order chi connectivity index (χ0) is 13.7. The average Bonchev–Trinajstić information content (AvgIpc) is 2.86. The molecule has 1 atom stereocenters. The molecule has 0 bridgehead atoms. The van der Waals surface area contributed by atoms with Gasteiger partial charge >= 0.3 is 0 Å². The Hall–Kier alpha value is -1.36. The summed E-state index contributed by atoms with van der Waals surface area (Å²) in [7, 11) is 1.92. The third-order valence-electron chi connectivity index (χ3n) is 3.67. The summed E-state index contributed by atoms with van der Waals surface area (Å²) in [6, 6.07) is 0.343. The lowest BCUT2D eigenvalue weighted by Gasteiger charge is -2.33. The molecule has 0 saturated carbocycles. The molecule has 5 nitrogen and oxygen atoms in total. The SMILES string of the molecule is CNCCCC(=O)N1CCCC(n2cc(C)cn2)C1. The highest BCUT2D eigenvalue weighted by Gasteiger charge is 2.24. The predicted molar refractivity (Wildman–Crippen MR) is 75.0 cm³/mol. The van der Waals surface area contributed by atoms with E-state index < -0.39 is 0 Å². The first-order valence-corrected chi connectivity index (χ1v) is 7.14. The summed E-state index contributed by atoms with van der Waals surface area (Å²) in [5.41, 5.74) is 1.18. The molecule has 1 aromatic rings. The van der Waals surface area contributed by atoms with Crippen molar-refractivity contribution in [2.75, 3.05) is 26.7 Å². The van der Waals surface area contributed by atoms with Gasteiger partial charge in [0.15, 0.2) is 0 Å². The third-order valence-corrected chi connectivity index (χ3v) is 3.67. The third kappa shape index (κ3) is 3.80. The van der Waals surface area contributed by atoms with Gasteiger partial charge in [-0.2, -0.15) is 5.10 Å². The molecule has 0 aromatic carbocycles. The van der Waals surface area contributed by atoms with Crippen LogP contribution >= 0.6 is 0 Å². The van der Waals surface area contributed by atoms with Crippen molar-refractivity contribution in [3.8, 4) is 0 Å². The van der Waals surface area contributed by atoms with Crippen molar-refractivity contribution in [1.29, 1.82) is 0 Å². The Morgan fingerprint density at radius 1 is 1.58 bits per heavy atom. The van der Waals surface area contributed by atoms with E-state index in [0.717, 1.165) is 38.9 Å². The number of piperidine rings is 1. The average molecular weight is 264 g/mol. The minimum absolute atomic E-state index is 0.281. The first-order chi connectivity index (χ1) is 9.20. The van der Waals surface area contributed by atoms with Crippen molar-refractivity contribution < 1.29 is 4.79 Å². The minimum atomic E-state index is 0.281. The van der Waals surface area contributed by atoms with E-state index in [-0.39, 0.29) is 5.91 Å². The van der Waals surface area contributed by atoms with Crippen LogP contribution in [0.5, 0.6) is 0 Å². The number of nitrogens with one attached hydrogen (secondary N) is 1. The smallest absolute Gasteiger partial charge is 0.222 e. The molecule has 1 unspecified atom stereocenters. The Morgan fingerprint density at radius 2 is 2.42 bits per heavy atom. The van der Waals surface area contributed by atoms with Crippen molar-refractivity contribution in [1.82, 2.24) is 20.0 Å². The second-order valence-electron chi connectivity index (χ2n) is 5.34. The molecule has 106 valence electrons. The summed E-state index contributed by atoms with van der Waals surface area (Å²) < 4.78 is 2.02. The van der Waals surface area contributed by atoms with E-state index in [4.69, 9.17) is 0 Å². The summed E-state index contributed by atoms with van der Waals surface area (Å²) >= 11 is 0. The van der Waals surface area contributed by atoms with Crippen LogP contribution in [-0.2, 0) is 4.79 Å². The maximum Gasteiger partial charge on any atom is 0.222 e. The summed E-state index contributed by atoms with van der Waals surface area (Å²) in [6.07, 6.45) is 7.69. The van der Waals surface area contributed by atoms with Crippen molar-refractivity contribution in [2.45, 2.75) is 38.6 Å². The molecule has 0 radical (unpaired) electrons. The van der Waals surface area contributed by atoms with E-state index in [0.29, 0.717) is 12.5 Å². The second kappa shape index (κ2) is 6.70. The molecule has 1 amide bonds. The van der Waals surface area contributed by atoms with Crippen LogP contribution in [0.4, 0.5) is 0 Å². The summed E-state index contributed by atoms with van der Waals surface area (Å²) in [5.74, 6) is 0.281. The van der Waals surface area contributed by atoms with Crippen LogP contribution in [0.3, 0.4) is 0 Å². The van der Waals surface area contributed by atoms with E-state index in [2.05, 4.69) is 16.6 Å². The summed E-state index contributed by atoms with van der Waals surface area (Å²) in [6.45, 7) is 4.66. The van der Waals surface area contributed by atoms with Crippen molar-refractivity contribution in [2.24, 2.45) is 0 Å². The van der Waals surface area contributed by atoms with Gasteiger partial charge in [0.25, 0.3) is 0 Å². The number of carbonyl (C=O) groups is 1. The molecule has 0 spiro atoms. The fourth-order valence-corrected chi connectivity index (χ4v) is 2.60. The van der Waals surface area contributed by atoms with Gasteiger partial charge in [0, 0.05) is 25.7 Å². The van der Waals surface area contributed by atoms with Crippen molar-refractivity contribution in [3.63, 3.8) is 0 Å². The molecule has 2 heterocycles. The number of likely N-dealkylation sites (tertiary alicyclic amines) is 1. The van der Waals surface area contributed by atoms with Gasteiger partial charge in [0.2, 0.25) is 5.91 Å². The van der Waals surface area contributed by atoms with Crippen LogP contribution in [0, 0.1) is 6.92 Å². The number of nitrogens with zero attached hydrogens (tertiary/aromatic N) is 3. The standard InChI is InChI=1S/C14H24N4O/c1-12-9-16-18(10-12)13-5-4-8-17(11-13)14(19)6-3-7-15-2/h9-10,13,15H,3-8,11H2,1-2H3. The number of hydrogen-bond acceptors (Lipinski definition) is 3. The van der Waals surface area contributed by atoms with Crippen LogP contribution in [0.15, 0.2) is 12.4 Å². The van der Waals surface area contributed by atoms with Crippen molar-refractivity contribution >= 4 is 5.91 Å². The van der Waals surface area contributed by atoms with Crippen LogP contribution in [0.2, 0.25) is 0 Å². The molecule has 1 aromatic heterocycles. The Kier molecular flexibility index (Phi) is 4.96. The molecule has 2 rings (SSSR count). The minimum Gasteiger partial charge on any atom is -0.341 e. The van der Waals surface area contributed by atoms with Gasteiger partial charge in [-0.15, -0.1) is 0 Å². The largest absolute Gasteiger partial charge is 0.341 e. The Morgan fingerprint density at radius 3 is 3.11 bits per heavy atom. The van der Waals surface area contributed by atoms with Gasteiger partial charge in [0.05, 0.1) is 12.2 Å². The lowest BCUT2D eigenvalue weighted by molar-refractivity contribution is -0.133. The molecule has 1 saturated heterocycles. The zero-order valence-electron chi connectivity index (χ0n) is 11.9. The number of carbonyl (C=O) groups excluding carboxylic acids is 1. The second-order valence-corrected chi connectivity index (χ2v) is 5.34. The molecule has 19 heavy (non-hydrogen) atoms. The van der Waals surface area contributed by atoms with Gasteiger partial charge in [0.1, 0.15) is 0 Å². The highest BCUT2D eigenvalue weighted by molar-refractivity contribution is 5.76. The van der Waals surface area contributed by atoms with Crippen LogP contribution in [0.1, 0.15) is 37.3 Å². The Bertz CT molecular complexity index is 415. The Labute approximate surface area is 115 Å². The number of hydrogen-bond donors (Lipinski definition) is 1. The van der Waals surface area contributed by atoms with Crippen molar-refractivity contribution in [3.05, 3.63) is 18.0 Å². The van der Waals surface area contributed by atoms with E-state index in [1.165, 1.54) is 5.56 Å². The number of aryl methyl sites for hydroxylation is 1. The van der Waals surface area contributed by atoms with Gasteiger partial charge in [-0.05, 0) is 45.3 Å². The van der Waals surface area contributed by atoms with Crippen LogP contribution in [0.25, 0.3) is 0 Å². The fraction of sp³-hybridized carbons (Fsp3) is 0.714. The molecular formula is C14H24N4O. The van der Waals surface area contributed by atoms with Crippen LogP contribution in [-0.4, -0.2) is 47.3 Å². The lowest BCUT2D eigenvalue weighted by atomic mass is 10.1. The topological polar surface area (TPSA) is 50.2 Å². The number of rotatable bonds is 5. The molecule has 1 aliphatic rings. The first kappa shape index (κ1) is 14.1. The van der Waals surface area contributed by atoms with Gasteiger partial charge in [-0.3, -0.25) is 9.48 Å². The first-order valence-electron chi connectivity index (χ1n) is 7.14. The van der Waals surface area contributed by atoms with Gasteiger partial charge < -0.3 is 10.2 Å². The van der Waals surface area contributed by atoms with E-state index in [1.54, 1.807) is 0 Å². The lowest BCUT2D eigenvalue weighted by Crippen LogP contribution is -2.40. The van der Waals surface area contributed by atoms with Gasteiger partial charge in [-0.1, -0.05) is 0 Å². The molecule has 0 aliphatic carbocycles. The predicted octanol–water partition coefficient (Wildman–Crippen LogP) is 1.35. The van der Waals surface area contributed by atoms with Gasteiger partial charge in [-0.25, -0.2) is 0 Å². The monoisotopic (exact) mass is 264 g/mol. The molecule has 1 fully saturated rings.